The first kappa shape index (κ1) is 40.0. The van der Waals surface area contributed by atoms with E-state index in [9.17, 15) is 0 Å². The van der Waals surface area contributed by atoms with Gasteiger partial charge in [0.15, 0.2) is 0 Å². The predicted octanol–water partition coefficient (Wildman–Crippen LogP) is 9.83. The van der Waals surface area contributed by atoms with Crippen LogP contribution in [0.1, 0.15) is 44.8 Å². The molecule has 6 aromatic carbocycles. The van der Waals surface area contributed by atoms with Gasteiger partial charge in [0.25, 0.3) is 0 Å². The minimum atomic E-state index is 0. The average molecular weight is 1080 g/mol. The summed E-state index contributed by atoms with van der Waals surface area (Å²) in [5.41, 5.74) is 16.5. The maximum atomic E-state index is 7.14. The summed E-state index contributed by atoms with van der Waals surface area (Å²) in [5, 5.41) is 0. The van der Waals surface area contributed by atoms with Crippen LogP contribution in [0.4, 0.5) is 0 Å². The van der Waals surface area contributed by atoms with E-state index < -0.39 is 0 Å². The maximum absolute atomic E-state index is 7.14. The minimum absolute atomic E-state index is 0. The number of imidazole rings is 2. The number of hydrogen-bond acceptors (Lipinski definition) is 2. The van der Waals surface area contributed by atoms with Crippen molar-refractivity contribution in [2.45, 2.75) is 25.7 Å². The molecular formula is C50H34Au2N4-4. The number of benzene rings is 6. The van der Waals surface area contributed by atoms with E-state index >= 15 is 0 Å². The largest absolute Gasteiger partial charge is 0.433 e. The molecular weight excluding hydrogens is 1050 g/mol. The Kier molecular flexibility index (Phi) is 13.4. The van der Waals surface area contributed by atoms with Crippen molar-refractivity contribution in [3.63, 3.8) is 0 Å². The van der Waals surface area contributed by atoms with Crippen molar-refractivity contribution in [1.82, 2.24) is 19.1 Å². The molecule has 280 valence electrons. The summed E-state index contributed by atoms with van der Waals surface area (Å²) in [7, 11) is 0. The van der Waals surface area contributed by atoms with E-state index in [1.54, 1.807) is 0 Å². The Morgan fingerprint density at radius 2 is 0.839 bits per heavy atom. The van der Waals surface area contributed by atoms with Gasteiger partial charge in [-0.25, -0.2) is 0 Å². The molecule has 2 heterocycles. The summed E-state index contributed by atoms with van der Waals surface area (Å²) in [6, 6.07) is 49.3. The molecule has 4 nitrogen and oxygen atoms in total. The molecule has 0 unspecified atom stereocenters. The van der Waals surface area contributed by atoms with Crippen LogP contribution in [0.15, 0.2) is 158 Å². The Morgan fingerprint density at radius 1 is 0.464 bits per heavy atom. The van der Waals surface area contributed by atoms with Crippen LogP contribution in [0.25, 0.3) is 33.6 Å². The van der Waals surface area contributed by atoms with Gasteiger partial charge in [0.2, 0.25) is 0 Å². The van der Waals surface area contributed by atoms with Crippen molar-refractivity contribution in [3.8, 4) is 45.5 Å². The first-order chi connectivity index (χ1) is 26.6. The van der Waals surface area contributed by atoms with Crippen LogP contribution in [-0.4, -0.2) is 19.1 Å². The third-order valence-electron chi connectivity index (χ3n) is 9.75. The summed E-state index contributed by atoms with van der Waals surface area (Å²) in [5.74, 6) is 4.87. The molecule has 0 saturated carbocycles. The maximum Gasteiger partial charge on any atom is 0.0410 e. The number of rotatable bonds is 5. The van der Waals surface area contributed by atoms with E-state index in [1.165, 1.54) is 44.5 Å². The fourth-order valence-electron chi connectivity index (χ4n) is 6.99. The number of para-hydroxylation sites is 2. The second-order valence-corrected chi connectivity index (χ2v) is 13.2. The van der Waals surface area contributed by atoms with Gasteiger partial charge >= 0.3 is 0 Å². The summed E-state index contributed by atoms with van der Waals surface area (Å²) in [6.07, 6.45) is 28.1. The topological polar surface area (TPSA) is 35.6 Å². The van der Waals surface area contributed by atoms with E-state index in [-0.39, 0.29) is 44.8 Å². The van der Waals surface area contributed by atoms with Gasteiger partial charge < -0.3 is 31.9 Å². The monoisotopic (exact) mass is 1080 g/mol. The molecule has 10 rings (SSSR count). The van der Waals surface area contributed by atoms with Crippen molar-refractivity contribution >= 4 is 0 Å². The van der Waals surface area contributed by atoms with Gasteiger partial charge in [-0.05, 0) is 68.7 Å². The van der Waals surface area contributed by atoms with Crippen molar-refractivity contribution in [2.75, 3.05) is 0 Å². The molecule has 0 N–H and O–H groups in total. The normalized spacial score (nSPS) is 10.9. The molecule has 8 aromatic rings. The van der Waals surface area contributed by atoms with Gasteiger partial charge in [-0.3, -0.25) is 11.8 Å². The van der Waals surface area contributed by atoms with Crippen LogP contribution in [0.5, 0.6) is 0 Å². The number of nitrogens with zero attached hydrogens (tertiary/aromatic N) is 4. The summed E-state index contributed by atoms with van der Waals surface area (Å²) >= 11 is 0. The van der Waals surface area contributed by atoms with Gasteiger partial charge in [0.1, 0.15) is 0 Å². The van der Waals surface area contributed by atoms with Crippen LogP contribution in [-0.2, 0) is 70.4 Å². The van der Waals surface area contributed by atoms with Crippen LogP contribution in [0, 0.1) is 37.3 Å². The van der Waals surface area contributed by atoms with Crippen molar-refractivity contribution < 1.29 is 44.8 Å². The Morgan fingerprint density at radius 3 is 1.25 bits per heavy atom. The van der Waals surface area contributed by atoms with E-state index in [0.717, 1.165) is 59.6 Å². The molecule has 2 aliphatic carbocycles. The second kappa shape index (κ2) is 18.8. The molecule has 0 fully saturated rings. The molecule has 0 spiro atoms. The molecule has 56 heavy (non-hydrogen) atoms. The van der Waals surface area contributed by atoms with Crippen molar-refractivity contribution in [2.24, 2.45) is 0 Å². The smallest absolute Gasteiger partial charge is 0.0410 e. The van der Waals surface area contributed by atoms with Crippen LogP contribution in [0.3, 0.4) is 0 Å². The average Bonchev–Trinajstić information content (AvgIpc) is 4.06. The zero-order chi connectivity index (χ0) is 36.7. The fraction of sp³-hybridized carbons (Fsp3) is 0.0800. The number of aromatic nitrogens is 4. The van der Waals surface area contributed by atoms with E-state index in [1.807, 2.05) is 106 Å². The van der Waals surface area contributed by atoms with E-state index in [4.69, 9.17) is 12.8 Å². The third kappa shape index (κ3) is 9.06. The van der Waals surface area contributed by atoms with Gasteiger partial charge in [-0.2, -0.15) is 0 Å². The van der Waals surface area contributed by atoms with Crippen LogP contribution < -0.4 is 0 Å². The first-order valence-electron chi connectivity index (χ1n) is 18.0. The second-order valence-electron chi connectivity index (χ2n) is 13.2. The molecule has 0 atom stereocenters. The van der Waals surface area contributed by atoms with Gasteiger partial charge in [-0.15, -0.1) is 35.4 Å². The molecule has 2 aliphatic rings. The summed E-state index contributed by atoms with van der Waals surface area (Å²) in [4.78, 5) is 8.73. The Hall–Kier alpha value is -5.66. The minimum Gasteiger partial charge on any atom is -0.433 e. The predicted molar refractivity (Wildman–Crippen MR) is 214 cm³/mol. The fourth-order valence-corrected chi connectivity index (χ4v) is 6.99. The number of hydrogen-bond donors (Lipinski definition) is 0. The van der Waals surface area contributed by atoms with Crippen LogP contribution in [0.2, 0.25) is 0 Å². The zero-order valence-corrected chi connectivity index (χ0v) is 34.6. The van der Waals surface area contributed by atoms with E-state index in [0.29, 0.717) is 0 Å². The van der Waals surface area contributed by atoms with E-state index in [2.05, 4.69) is 95.1 Å². The molecule has 0 aliphatic heterocycles. The number of fused-ring (bicyclic) bond motifs is 6. The molecule has 0 saturated heterocycles. The Balaban J connectivity index is 0.000000146. The Bertz CT molecular complexity index is 2460. The van der Waals surface area contributed by atoms with Crippen molar-refractivity contribution in [3.05, 3.63) is 228 Å². The quantitative estimate of drug-likeness (QED) is 0.0979. The standard InChI is InChI=1S/C20H16N4.2C15H9.2Au/c1-3-7-19(8-4-1)23-13-17(21-15-23)11-12-18-14-24(16-22-18)20-9-5-2-6-10-20;2*1-2-11-7-8-13-10-12-5-3-4-6-14(12)15(13)9-11;;/h1-10,13-14H,11-12H2;2*3-9H,10H2;;/q-2;2*-1;;. The number of aryl methyl sites for hydroxylation is 2. The van der Waals surface area contributed by atoms with Gasteiger partial charge in [0, 0.05) is 57.4 Å². The first-order valence-corrected chi connectivity index (χ1v) is 18.0. The molecule has 2 aromatic heterocycles. The Labute approximate surface area is 360 Å². The van der Waals surface area contributed by atoms with Gasteiger partial charge in [0.05, 0.1) is 0 Å². The molecule has 2 radical (unpaired) electrons. The SMILES string of the molecule is [Au].[Au].[C-]#Cc1ccc2c(c1)-c1ccccc1C2.[C-]#Cc1ccc2c(c1)-c1ccccc1C2.[c-]1nc(CCc2cn(-c3ccccc3)[c-]n2)cn1-c1ccccc1. The molecule has 0 bridgehead atoms. The summed E-state index contributed by atoms with van der Waals surface area (Å²) in [6.45, 7) is 0. The molecule has 0 amide bonds. The third-order valence-corrected chi connectivity index (χ3v) is 9.75. The molecule has 6 heteroatoms. The summed E-state index contributed by atoms with van der Waals surface area (Å²) < 4.78 is 3.84. The van der Waals surface area contributed by atoms with Crippen molar-refractivity contribution in [1.29, 1.82) is 0 Å². The van der Waals surface area contributed by atoms with Gasteiger partial charge in [-0.1, -0.05) is 158 Å². The van der Waals surface area contributed by atoms with Crippen LogP contribution >= 0.6 is 0 Å². The zero-order valence-electron chi connectivity index (χ0n) is 30.2.